The molecule has 1 heterocycles. The molecule has 0 amide bonds. The molecule has 1 aromatic carbocycles. The Morgan fingerprint density at radius 2 is 1.81 bits per heavy atom. The van der Waals surface area contributed by atoms with E-state index in [4.69, 9.17) is 4.74 Å². The first-order valence-corrected chi connectivity index (χ1v) is 8.33. The molecule has 114 valence electrons. The molecule has 1 atom stereocenters. The van der Waals surface area contributed by atoms with Crippen molar-refractivity contribution < 1.29 is 17.9 Å². The molecule has 0 bridgehead atoms. The van der Waals surface area contributed by atoms with Gasteiger partial charge in [-0.1, -0.05) is 32.6 Å². The van der Waals surface area contributed by atoms with E-state index in [0.717, 1.165) is 5.56 Å². The maximum atomic E-state index is 12.4. The largest absolute Gasteiger partial charge is 0.454 e. The lowest BCUT2D eigenvalue weighted by Gasteiger charge is -2.18. The van der Waals surface area contributed by atoms with Crippen LogP contribution in [0.5, 0.6) is 0 Å². The molecule has 0 saturated carbocycles. The molecule has 1 aliphatic rings. The van der Waals surface area contributed by atoms with Crippen LogP contribution in [0.1, 0.15) is 31.9 Å². The number of rotatable bonds is 5. The second-order valence-corrected chi connectivity index (χ2v) is 6.80. The molecule has 1 saturated heterocycles. The third-order valence-corrected chi connectivity index (χ3v) is 5.63. The van der Waals surface area contributed by atoms with Gasteiger partial charge in [-0.2, -0.15) is 4.31 Å². The van der Waals surface area contributed by atoms with Crippen molar-refractivity contribution in [3.05, 3.63) is 42.0 Å². The van der Waals surface area contributed by atoms with Crippen molar-refractivity contribution in [2.45, 2.75) is 31.3 Å². The lowest BCUT2D eigenvalue weighted by molar-refractivity contribution is -0.139. The summed E-state index contributed by atoms with van der Waals surface area (Å²) < 4.78 is 31.3. The molecule has 0 radical (unpaired) electrons. The first kappa shape index (κ1) is 15.7. The highest BCUT2D eigenvalue weighted by atomic mass is 32.2. The lowest BCUT2D eigenvalue weighted by atomic mass is 10.1. The van der Waals surface area contributed by atoms with Crippen LogP contribution in [0.4, 0.5) is 0 Å². The van der Waals surface area contributed by atoms with Crippen LogP contribution in [0.3, 0.4) is 0 Å². The highest BCUT2D eigenvalue weighted by Gasteiger charge is 2.29. The molecule has 2 rings (SSSR count). The number of esters is 1. The third kappa shape index (κ3) is 3.01. The molecule has 0 spiro atoms. The Labute approximate surface area is 125 Å². The number of sulfonamides is 1. The maximum Gasteiger partial charge on any atom is 0.334 e. The van der Waals surface area contributed by atoms with Gasteiger partial charge in [0.25, 0.3) is 0 Å². The van der Waals surface area contributed by atoms with Crippen LogP contribution >= 0.6 is 0 Å². The molecular formula is C15H19NO4S. The van der Waals surface area contributed by atoms with E-state index < -0.39 is 10.0 Å². The molecule has 21 heavy (non-hydrogen) atoms. The fourth-order valence-electron chi connectivity index (χ4n) is 2.31. The quantitative estimate of drug-likeness (QED) is 0.618. The minimum Gasteiger partial charge on any atom is -0.454 e. The summed E-state index contributed by atoms with van der Waals surface area (Å²) in [5.74, 6) is -0.389. The van der Waals surface area contributed by atoms with Gasteiger partial charge in [0.05, 0.1) is 4.90 Å². The van der Waals surface area contributed by atoms with Gasteiger partial charge in [0.15, 0.2) is 0 Å². The van der Waals surface area contributed by atoms with Crippen molar-refractivity contribution in [2.75, 3.05) is 13.1 Å². The Bertz CT molecular complexity index is 629. The van der Waals surface area contributed by atoms with Crippen LogP contribution in [0, 0.1) is 0 Å². The molecule has 5 nitrogen and oxygen atoms in total. The van der Waals surface area contributed by atoms with Crippen molar-refractivity contribution in [3.8, 4) is 0 Å². The topological polar surface area (TPSA) is 63.7 Å². The van der Waals surface area contributed by atoms with E-state index in [-0.39, 0.29) is 17.0 Å². The van der Waals surface area contributed by atoms with Crippen LogP contribution in [0.15, 0.2) is 41.3 Å². The highest BCUT2D eigenvalue weighted by molar-refractivity contribution is 7.89. The number of carbonyl (C=O) groups excluding carboxylic acids is 1. The zero-order valence-corrected chi connectivity index (χ0v) is 13.0. The smallest absolute Gasteiger partial charge is 0.334 e. The first-order chi connectivity index (χ1) is 9.90. The van der Waals surface area contributed by atoms with E-state index in [1.165, 1.54) is 4.31 Å². The van der Waals surface area contributed by atoms with Gasteiger partial charge < -0.3 is 4.74 Å². The van der Waals surface area contributed by atoms with Crippen molar-refractivity contribution in [3.63, 3.8) is 0 Å². The van der Waals surface area contributed by atoms with E-state index in [9.17, 15) is 13.2 Å². The SMILES string of the molecule is C=C1CC(c2ccc(S(=O)(=O)N(CC)CC)cc2)OC1=O. The fourth-order valence-corrected chi connectivity index (χ4v) is 3.77. The van der Waals surface area contributed by atoms with E-state index in [0.29, 0.717) is 25.1 Å². The van der Waals surface area contributed by atoms with E-state index in [1.54, 1.807) is 38.1 Å². The number of hydrogen-bond donors (Lipinski definition) is 0. The third-order valence-electron chi connectivity index (χ3n) is 3.56. The van der Waals surface area contributed by atoms with Gasteiger partial charge in [-0.3, -0.25) is 0 Å². The summed E-state index contributed by atoms with van der Waals surface area (Å²) in [7, 11) is -3.45. The molecule has 6 heteroatoms. The fraction of sp³-hybridized carbons (Fsp3) is 0.400. The first-order valence-electron chi connectivity index (χ1n) is 6.89. The molecular weight excluding hydrogens is 290 g/mol. The van der Waals surface area contributed by atoms with Crippen molar-refractivity contribution in [2.24, 2.45) is 0 Å². The van der Waals surface area contributed by atoms with Gasteiger partial charge in [0.2, 0.25) is 10.0 Å². The number of hydrogen-bond acceptors (Lipinski definition) is 4. The minimum absolute atomic E-state index is 0.248. The van der Waals surface area contributed by atoms with Gasteiger partial charge in [-0.05, 0) is 17.7 Å². The van der Waals surface area contributed by atoms with Gasteiger partial charge in [0.1, 0.15) is 6.10 Å². The molecule has 1 fully saturated rings. The molecule has 0 aromatic heterocycles. The Morgan fingerprint density at radius 3 is 2.24 bits per heavy atom. The van der Waals surface area contributed by atoms with Gasteiger partial charge in [0, 0.05) is 25.1 Å². The van der Waals surface area contributed by atoms with E-state index >= 15 is 0 Å². The summed E-state index contributed by atoms with van der Waals surface area (Å²) in [4.78, 5) is 11.6. The van der Waals surface area contributed by atoms with Crippen LogP contribution in [0.25, 0.3) is 0 Å². The lowest BCUT2D eigenvalue weighted by Crippen LogP contribution is -2.30. The second kappa shape index (κ2) is 5.99. The zero-order chi connectivity index (χ0) is 15.6. The maximum absolute atomic E-state index is 12.4. The van der Waals surface area contributed by atoms with E-state index in [1.807, 2.05) is 0 Å². The molecule has 1 aromatic rings. The van der Waals surface area contributed by atoms with Crippen molar-refractivity contribution in [1.82, 2.24) is 4.31 Å². The van der Waals surface area contributed by atoms with Gasteiger partial charge in [-0.15, -0.1) is 0 Å². The number of cyclic esters (lactones) is 1. The zero-order valence-electron chi connectivity index (χ0n) is 12.2. The minimum atomic E-state index is -3.45. The summed E-state index contributed by atoms with van der Waals surface area (Å²) in [5.41, 5.74) is 1.22. The Kier molecular flexibility index (Phi) is 4.49. The summed E-state index contributed by atoms with van der Waals surface area (Å²) >= 11 is 0. The second-order valence-electron chi connectivity index (χ2n) is 4.86. The standard InChI is InChI=1S/C15H19NO4S/c1-4-16(5-2)21(18,19)13-8-6-12(7-9-13)14-10-11(3)15(17)20-14/h6-9,14H,3-5,10H2,1-2H3. The summed E-state index contributed by atoms with van der Waals surface area (Å²) in [5, 5.41) is 0. The van der Waals surface area contributed by atoms with Gasteiger partial charge in [-0.25, -0.2) is 13.2 Å². The number of carbonyl (C=O) groups is 1. The average Bonchev–Trinajstić information content (AvgIpc) is 2.80. The Hall–Kier alpha value is -1.66. The molecule has 1 unspecified atom stereocenters. The van der Waals surface area contributed by atoms with Crippen LogP contribution in [-0.2, 0) is 19.6 Å². The highest BCUT2D eigenvalue weighted by Crippen LogP contribution is 2.32. The van der Waals surface area contributed by atoms with Crippen molar-refractivity contribution in [1.29, 1.82) is 0 Å². The number of benzene rings is 1. The molecule has 0 N–H and O–H groups in total. The summed E-state index contributed by atoms with van der Waals surface area (Å²) in [6.07, 6.45) is 0.0799. The molecule has 0 aliphatic carbocycles. The van der Waals surface area contributed by atoms with Gasteiger partial charge >= 0.3 is 5.97 Å². The predicted molar refractivity (Wildman–Crippen MR) is 79.1 cm³/mol. The van der Waals surface area contributed by atoms with E-state index in [2.05, 4.69) is 6.58 Å². The normalized spacial score (nSPS) is 19.1. The Morgan fingerprint density at radius 1 is 1.24 bits per heavy atom. The van der Waals surface area contributed by atoms with Crippen LogP contribution < -0.4 is 0 Å². The Balaban J connectivity index is 2.24. The number of ether oxygens (including phenoxy) is 1. The molecule has 1 aliphatic heterocycles. The number of nitrogens with zero attached hydrogens (tertiary/aromatic N) is 1. The average molecular weight is 309 g/mol. The monoisotopic (exact) mass is 309 g/mol. The summed E-state index contributed by atoms with van der Waals surface area (Å²) in [6.45, 7) is 8.11. The summed E-state index contributed by atoms with van der Waals surface area (Å²) in [6, 6.07) is 6.48. The van der Waals surface area contributed by atoms with Crippen LogP contribution in [0.2, 0.25) is 0 Å². The van der Waals surface area contributed by atoms with Crippen LogP contribution in [-0.4, -0.2) is 31.8 Å². The predicted octanol–water partition coefficient (Wildman–Crippen LogP) is 2.26. The van der Waals surface area contributed by atoms with Crippen molar-refractivity contribution >= 4 is 16.0 Å².